The summed E-state index contributed by atoms with van der Waals surface area (Å²) < 4.78 is 1.98. The summed E-state index contributed by atoms with van der Waals surface area (Å²) in [5.41, 5.74) is 0. The molecular formula is C10H18N4O. The smallest absolute Gasteiger partial charge is 0.219 e. The van der Waals surface area contributed by atoms with Crippen molar-refractivity contribution in [2.24, 2.45) is 7.05 Å². The monoisotopic (exact) mass is 210 g/mol. The number of rotatable bonds is 6. The molecule has 2 N–H and O–H groups in total. The lowest BCUT2D eigenvalue weighted by Gasteiger charge is -2.04. The molecule has 84 valence electrons. The molecule has 0 aliphatic carbocycles. The predicted molar refractivity (Wildman–Crippen MR) is 58.2 cm³/mol. The first-order valence-corrected chi connectivity index (χ1v) is 5.11. The maximum Gasteiger partial charge on any atom is 0.219 e. The lowest BCUT2D eigenvalue weighted by molar-refractivity contribution is -0.120. The maximum absolute atomic E-state index is 10.9. The van der Waals surface area contributed by atoms with Gasteiger partial charge in [-0.3, -0.25) is 4.79 Å². The van der Waals surface area contributed by atoms with E-state index in [0.717, 1.165) is 25.3 Å². The van der Waals surface area contributed by atoms with Crippen LogP contribution in [0.4, 0.5) is 0 Å². The minimum Gasteiger partial charge on any atom is -0.359 e. The third kappa shape index (κ3) is 4.12. The van der Waals surface area contributed by atoms with Crippen molar-refractivity contribution in [1.82, 2.24) is 20.2 Å². The zero-order chi connectivity index (χ0) is 11.1. The van der Waals surface area contributed by atoms with Crippen molar-refractivity contribution in [1.29, 1.82) is 0 Å². The van der Waals surface area contributed by atoms with E-state index in [1.165, 1.54) is 0 Å². The largest absolute Gasteiger partial charge is 0.359 e. The van der Waals surface area contributed by atoms with Crippen molar-refractivity contribution >= 4 is 5.91 Å². The standard InChI is InChI=1S/C10H18N4O/c1-11-10(15)4-3-5-12-8-9-13-6-7-14(9)2/h6-7,12H,3-5,8H2,1-2H3,(H,11,15). The lowest BCUT2D eigenvalue weighted by atomic mass is 10.3. The highest BCUT2D eigenvalue weighted by Crippen LogP contribution is 1.93. The minimum atomic E-state index is 0.0915. The van der Waals surface area contributed by atoms with Crippen LogP contribution < -0.4 is 10.6 Å². The topological polar surface area (TPSA) is 59.0 Å². The number of aryl methyl sites for hydroxylation is 1. The van der Waals surface area contributed by atoms with Crippen LogP contribution >= 0.6 is 0 Å². The number of nitrogens with one attached hydrogen (secondary N) is 2. The van der Waals surface area contributed by atoms with Gasteiger partial charge in [0.2, 0.25) is 5.91 Å². The quantitative estimate of drug-likeness (QED) is 0.652. The van der Waals surface area contributed by atoms with E-state index in [2.05, 4.69) is 15.6 Å². The average molecular weight is 210 g/mol. The lowest BCUT2D eigenvalue weighted by Crippen LogP contribution is -2.21. The zero-order valence-electron chi connectivity index (χ0n) is 9.29. The van der Waals surface area contributed by atoms with Crippen LogP contribution in [0.1, 0.15) is 18.7 Å². The number of carbonyl (C=O) groups excluding carboxylic acids is 1. The van der Waals surface area contributed by atoms with Crippen molar-refractivity contribution < 1.29 is 4.79 Å². The Labute approximate surface area is 89.9 Å². The summed E-state index contributed by atoms with van der Waals surface area (Å²) in [7, 11) is 3.62. The molecule has 1 aromatic rings. The SMILES string of the molecule is CNC(=O)CCCNCc1nccn1C. The van der Waals surface area contributed by atoms with Gasteiger partial charge >= 0.3 is 0 Å². The molecule has 1 rings (SSSR count). The number of amides is 1. The Hall–Kier alpha value is -1.36. The van der Waals surface area contributed by atoms with Gasteiger partial charge in [-0.1, -0.05) is 0 Å². The molecule has 0 radical (unpaired) electrons. The molecular weight excluding hydrogens is 192 g/mol. The van der Waals surface area contributed by atoms with Gasteiger partial charge < -0.3 is 15.2 Å². The van der Waals surface area contributed by atoms with E-state index >= 15 is 0 Å². The van der Waals surface area contributed by atoms with Crippen LogP contribution in [0.25, 0.3) is 0 Å². The third-order valence-corrected chi connectivity index (χ3v) is 2.24. The molecule has 5 heteroatoms. The fourth-order valence-corrected chi connectivity index (χ4v) is 1.27. The molecule has 5 nitrogen and oxygen atoms in total. The van der Waals surface area contributed by atoms with Crippen molar-refractivity contribution in [2.45, 2.75) is 19.4 Å². The first kappa shape index (κ1) is 11.7. The molecule has 0 aromatic carbocycles. The van der Waals surface area contributed by atoms with E-state index in [4.69, 9.17) is 0 Å². The van der Waals surface area contributed by atoms with Crippen LogP contribution in [0.2, 0.25) is 0 Å². The molecule has 0 atom stereocenters. The fraction of sp³-hybridized carbons (Fsp3) is 0.600. The van der Waals surface area contributed by atoms with Gasteiger partial charge in [0, 0.05) is 32.9 Å². The Kier molecular flexibility index (Phi) is 4.83. The van der Waals surface area contributed by atoms with Crippen LogP contribution in [-0.4, -0.2) is 29.1 Å². The van der Waals surface area contributed by atoms with Crippen molar-refractivity contribution in [3.8, 4) is 0 Å². The van der Waals surface area contributed by atoms with E-state index in [9.17, 15) is 4.79 Å². The number of imidazole rings is 1. The highest BCUT2D eigenvalue weighted by Gasteiger charge is 1.99. The third-order valence-electron chi connectivity index (χ3n) is 2.24. The second kappa shape index (κ2) is 6.19. The summed E-state index contributed by atoms with van der Waals surface area (Å²) >= 11 is 0. The van der Waals surface area contributed by atoms with Crippen molar-refractivity contribution in [3.63, 3.8) is 0 Å². The Morgan fingerprint density at radius 3 is 3.00 bits per heavy atom. The van der Waals surface area contributed by atoms with E-state index < -0.39 is 0 Å². The first-order chi connectivity index (χ1) is 7.24. The number of hydrogen-bond acceptors (Lipinski definition) is 3. The molecule has 0 bridgehead atoms. The van der Waals surface area contributed by atoms with Crippen LogP contribution in [0.15, 0.2) is 12.4 Å². The molecule has 0 spiro atoms. The molecule has 1 heterocycles. The maximum atomic E-state index is 10.9. The van der Waals surface area contributed by atoms with Crippen molar-refractivity contribution in [3.05, 3.63) is 18.2 Å². The van der Waals surface area contributed by atoms with Crippen LogP contribution in [0.3, 0.4) is 0 Å². The van der Waals surface area contributed by atoms with E-state index in [-0.39, 0.29) is 5.91 Å². The second-order valence-electron chi connectivity index (χ2n) is 3.41. The molecule has 0 saturated heterocycles. The van der Waals surface area contributed by atoms with Gasteiger partial charge in [-0.15, -0.1) is 0 Å². The Morgan fingerprint density at radius 2 is 2.40 bits per heavy atom. The highest BCUT2D eigenvalue weighted by molar-refractivity contribution is 5.75. The second-order valence-corrected chi connectivity index (χ2v) is 3.41. The number of aromatic nitrogens is 2. The van der Waals surface area contributed by atoms with E-state index in [0.29, 0.717) is 6.42 Å². The number of carbonyl (C=O) groups is 1. The van der Waals surface area contributed by atoms with Gasteiger partial charge in [0.1, 0.15) is 5.82 Å². The van der Waals surface area contributed by atoms with Gasteiger partial charge in [-0.25, -0.2) is 4.98 Å². The summed E-state index contributed by atoms with van der Waals surface area (Å²) in [6.45, 7) is 1.58. The molecule has 1 aromatic heterocycles. The molecule has 0 fully saturated rings. The summed E-state index contributed by atoms with van der Waals surface area (Å²) in [6.07, 6.45) is 5.12. The Morgan fingerprint density at radius 1 is 1.60 bits per heavy atom. The summed E-state index contributed by atoms with van der Waals surface area (Å²) in [6, 6.07) is 0. The molecule has 15 heavy (non-hydrogen) atoms. The van der Waals surface area contributed by atoms with Gasteiger partial charge in [-0.2, -0.15) is 0 Å². The van der Waals surface area contributed by atoms with Gasteiger partial charge in [0.05, 0.1) is 6.54 Å². The van der Waals surface area contributed by atoms with Crippen LogP contribution in [-0.2, 0) is 18.4 Å². The number of hydrogen-bond donors (Lipinski definition) is 2. The minimum absolute atomic E-state index is 0.0915. The zero-order valence-corrected chi connectivity index (χ0v) is 9.29. The predicted octanol–water partition coefficient (Wildman–Crippen LogP) is 0.0359. The van der Waals surface area contributed by atoms with Crippen LogP contribution in [0, 0.1) is 0 Å². The average Bonchev–Trinajstić information content (AvgIpc) is 2.63. The van der Waals surface area contributed by atoms with E-state index in [1.54, 1.807) is 13.2 Å². The van der Waals surface area contributed by atoms with Gasteiger partial charge in [-0.05, 0) is 13.0 Å². The molecule has 0 unspecified atom stereocenters. The van der Waals surface area contributed by atoms with Gasteiger partial charge in [0.25, 0.3) is 0 Å². The Bertz CT molecular complexity index is 308. The summed E-state index contributed by atoms with van der Waals surface area (Å²) in [5.74, 6) is 1.10. The van der Waals surface area contributed by atoms with Gasteiger partial charge in [0.15, 0.2) is 0 Å². The van der Waals surface area contributed by atoms with E-state index in [1.807, 2.05) is 17.8 Å². The first-order valence-electron chi connectivity index (χ1n) is 5.11. The van der Waals surface area contributed by atoms with Crippen molar-refractivity contribution in [2.75, 3.05) is 13.6 Å². The summed E-state index contributed by atoms with van der Waals surface area (Å²) in [4.78, 5) is 15.1. The Balaban J connectivity index is 2.07. The van der Waals surface area contributed by atoms with Crippen LogP contribution in [0.5, 0.6) is 0 Å². The number of nitrogens with zero attached hydrogens (tertiary/aromatic N) is 2. The molecule has 0 aliphatic heterocycles. The highest BCUT2D eigenvalue weighted by atomic mass is 16.1. The fourth-order valence-electron chi connectivity index (χ4n) is 1.27. The molecule has 1 amide bonds. The normalized spacial score (nSPS) is 10.3. The molecule has 0 aliphatic rings. The summed E-state index contributed by atoms with van der Waals surface area (Å²) in [5, 5.41) is 5.84. The molecule has 0 saturated carbocycles.